The number of benzene rings is 2. The number of hydrogen-bond acceptors (Lipinski definition) is 5. The van der Waals surface area contributed by atoms with E-state index in [0.717, 1.165) is 5.56 Å². The van der Waals surface area contributed by atoms with Crippen LogP contribution in [0.2, 0.25) is 0 Å². The van der Waals surface area contributed by atoms with Crippen molar-refractivity contribution in [1.29, 1.82) is 0 Å². The van der Waals surface area contributed by atoms with Gasteiger partial charge in [0.25, 0.3) is 0 Å². The number of para-hydroxylation sites is 2. The number of hydrogen-bond donors (Lipinski definition) is 1. The Labute approximate surface area is 176 Å². The molecule has 8 heteroatoms. The minimum Gasteiger partial charge on any atom is -0.441 e. The zero-order chi connectivity index (χ0) is 21.5. The van der Waals surface area contributed by atoms with Crippen molar-refractivity contribution in [3.63, 3.8) is 0 Å². The smallest absolute Gasteiger partial charge is 0.244 e. The van der Waals surface area contributed by atoms with Gasteiger partial charge in [-0.3, -0.25) is 4.79 Å². The first-order chi connectivity index (χ1) is 14.2. The number of aromatic nitrogens is 1. The molecule has 30 heavy (non-hydrogen) atoms. The van der Waals surface area contributed by atoms with Crippen molar-refractivity contribution < 1.29 is 17.6 Å². The molecule has 2 aromatic carbocycles. The molecule has 2 heterocycles. The lowest BCUT2D eigenvalue weighted by Gasteiger charge is -2.34. The normalized spacial score (nSPS) is 18.5. The first kappa shape index (κ1) is 20.6. The fourth-order valence-electron chi connectivity index (χ4n) is 3.79. The summed E-state index contributed by atoms with van der Waals surface area (Å²) in [7, 11) is -3.91. The number of carbonyl (C=O) groups excluding carboxylic acids is 1. The van der Waals surface area contributed by atoms with Crippen LogP contribution in [-0.4, -0.2) is 42.7 Å². The van der Waals surface area contributed by atoms with E-state index in [1.54, 1.807) is 18.2 Å². The third-order valence-corrected chi connectivity index (χ3v) is 7.24. The summed E-state index contributed by atoms with van der Waals surface area (Å²) in [6.45, 7) is 6.37. The maximum Gasteiger partial charge on any atom is 0.244 e. The molecular formula is C22H25N3O4S. The van der Waals surface area contributed by atoms with Crippen LogP contribution in [0.5, 0.6) is 0 Å². The molecule has 0 spiro atoms. The summed E-state index contributed by atoms with van der Waals surface area (Å²) in [5.41, 5.74) is 1.64. The highest BCUT2D eigenvalue weighted by molar-refractivity contribution is 7.89. The lowest BCUT2D eigenvalue weighted by molar-refractivity contribution is -0.126. The van der Waals surface area contributed by atoms with Gasteiger partial charge in [0, 0.05) is 19.5 Å². The predicted molar refractivity (Wildman–Crippen MR) is 114 cm³/mol. The zero-order valence-electron chi connectivity index (χ0n) is 17.3. The van der Waals surface area contributed by atoms with E-state index in [-0.39, 0.29) is 35.7 Å². The van der Waals surface area contributed by atoms with E-state index in [1.165, 1.54) is 4.31 Å². The predicted octanol–water partition coefficient (Wildman–Crippen LogP) is 2.86. The monoisotopic (exact) mass is 427 g/mol. The number of fused-ring (bicyclic) bond motifs is 1. The van der Waals surface area contributed by atoms with Gasteiger partial charge in [0.15, 0.2) is 11.5 Å². The van der Waals surface area contributed by atoms with Gasteiger partial charge in [0.05, 0.1) is 4.90 Å². The SMILES string of the molecule is CC(C)(C)c1ccccc1S(=O)(=O)N1CCNC(=O)[C@@H]1Cc1nc2ccccc2o1. The molecule has 158 valence electrons. The summed E-state index contributed by atoms with van der Waals surface area (Å²) in [4.78, 5) is 17.3. The molecule has 1 aromatic heterocycles. The molecular weight excluding hydrogens is 402 g/mol. The Morgan fingerprint density at radius 2 is 1.83 bits per heavy atom. The highest BCUT2D eigenvalue weighted by atomic mass is 32.2. The van der Waals surface area contributed by atoms with Gasteiger partial charge in [-0.15, -0.1) is 0 Å². The van der Waals surface area contributed by atoms with Crippen LogP contribution in [0.25, 0.3) is 11.1 Å². The fraction of sp³-hybridized carbons (Fsp3) is 0.364. The van der Waals surface area contributed by atoms with Crippen LogP contribution in [0.1, 0.15) is 32.2 Å². The van der Waals surface area contributed by atoms with Gasteiger partial charge in [-0.2, -0.15) is 4.31 Å². The summed E-state index contributed by atoms with van der Waals surface area (Å²) in [5.74, 6) is -0.0112. The Hall–Kier alpha value is -2.71. The average molecular weight is 428 g/mol. The molecule has 1 aliphatic heterocycles. The average Bonchev–Trinajstić information content (AvgIpc) is 3.11. The molecule has 0 radical (unpaired) electrons. The van der Waals surface area contributed by atoms with Crippen LogP contribution >= 0.6 is 0 Å². The Morgan fingerprint density at radius 3 is 2.57 bits per heavy atom. The van der Waals surface area contributed by atoms with Crippen LogP contribution in [0.15, 0.2) is 57.8 Å². The number of rotatable bonds is 4. The zero-order valence-corrected chi connectivity index (χ0v) is 18.1. The van der Waals surface area contributed by atoms with E-state index in [0.29, 0.717) is 17.0 Å². The Bertz CT molecular complexity index is 1160. The third-order valence-electron chi connectivity index (χ3n) is 5.27. The van der Waals surface area contributed by atoms with Crippen LogP contribution in [0.4, 0.5) is 0 Å². The van der Waals surface area contributed by atoms with Crippen molar-refractivity contribution in [2.45, 2.75) is 43.5 Å². The van der Waals surface area contributed by atoms with Crippen molar-refractivity contribution in [3.8, 4) is 0 Å². The Morgan fingerprint density at radius 1 is 1.13 bits per heavy atom. The van der Waals surface area contributed by atoms with Gasteiger partial charge in [-0.05, 0) is 29.2 Å². The van der Waals surface area contributed by atoms with Crippen LogP contribution in [-0.2, 0) is 26.7 Å². The highest BCUT2D eigenvalue weighted by Crippen LogP contribution is 2.32. The molecule has 7 nitrogen and oxygen atoms in total. The number of sulfonamides is 1. The molecule has 0 aliphatic carbocycles. The summed E-state index contributed by atoms with van der Waals surface area (Å²) < 4.78 is 34.4. The van der Waals surface area contributed by atoms with E-state index in [4.69, 9.17) is 4.42 Å². The second-order valence-corrected chi connectivity index (χ2v) is 10.3. The number of piperazine rings is 1. The maximum atomic E-state index is 13.7. The van der Waals surface area contributed by atoms with Gasteiger partial charge in [0.1, 0.15) is 11.6 Å². The van der Waals surface area contributed by atoms with Gasteiger partial charge in [-0.25, -0.2) is 13.4 Å². The van der Waals surface area contributed by atoms with E-state index in [1.807, 2.05) is 51.1 Å². The topological polar surface area (TPSA) is 92.5 Å². The van der Waals surface area contributed by atoms with E-state index < -0.39 is 16.1 Å². The molecule has 0 saturated carbocycles. The minimum atomic E-state index is -3.91. The quantitative estimate of drug-likeness (QED) is 0.691. The van der Waals surface area contributed by atoms with E-state index in [2.05, 4.69) is 10.3 Å². The van der Waals surface area contributed by atoms with Gasteiger partial charge in [-0.1, -0.05) is 51.1 Å². The minimum absolute atomic E-state index is 0.0669. The molecule has 1 atom stereocenters. The molecule has 1 amide bonds. The number of carbonyl (C=O) groups is 1. The standard InChI is InChI=1S/C22H25N3O4S/c1-22(2,3)15-8-4-7-11-19(15)30(27,28)25-13-12-23-21(26)17(25)14-20-24-16-9-5-6-10-18(16)29-20/h4-11,17H,12-14H2,1-3H3,(H,23,26)/t17-/m0/s1. The van der Waals surface area contributed by atoms with Crippen molar-refractivity contribution in [2.24, 2.45) is 0 Å². The molecule has 0 bridgehead atoms. The number of amides is 1. The number of nitrogens with one attached hydrogen (secondary N) is 1. The largest absolute Gasteiger partial charge is 0.441 e. The third kappa shape index (κ3) is 3.73. The molecule has 1 fully saturated rings. The molecule has 1 saturated heterocycles. The molecule has 1 aliphatic rings. The summed E-state index contributed by atoms with van der Waals surface area (Å²) in [5, 5.41) is 2.77. The lowest BCUT2D eigenvalue weighted by atomic mass is 9.87. The maximum absolute atomic E-state index is 13.7. The summed E-state index contributed by atoms with van der Waals surface area (Å²) in [6.07, 6.45) is 0.0669. The second kappa shape index (κ2) is 7.52. The number of oxazole rings is 1. The first-order valence-electron chi connectivity index (χ1n) is 9.91. The van der Waals surface area contributed by atoms with Crippen molar-refractivity contribution in [1.82, 2.24) is 14.6 Å². The van der Waals surface area contributed by atoms with Gasteiger partial charge < -0.3 is 9.73 Å². The van der Waals surface area contributed by atoms with Crippen molar-refractivity contribution >= 4 is 27.0 Å². The number of nitrogens with zero attached hydrogens (tertiary/aromatic N) is 2. The van der Waals surface area contributed by atoms with Crippen LogP contribution in [0, 0.1) is 0 Å². The Kier molecular flexibility index (Phi) is 5.15. The van der Waals surface area contributed by atoms with E-state index in [9.17, 15) is 13.2 Å². The Balaban J connectivity index is 1.73. The van der Waals surface area contributed by atoms with Crippen molar-refractivity contribution in [2.75, 3.05) is 13.1 Å². The summed E-state index contributed by atoms with van der Waals surface area (Å²) >= 11 is 0. The fourth-order valence-corrected chi connectivity index (χ4v) is 5.78. The summed E-state index contributed by atoms with van der Waals surface area (Å²) in [6, 6.07) is 13.3. The van der Waals surface area contributed by atoms with Gasteiger partial charge >= 0.3 is 0 Å². The van der Waals surface area contributed by atoms with Crippen LogP contribution in [0.3, 0.4) is 0 Å². The van der Waals surface area contributed by atoms with Gasteiger partial charge in [0.2, 0.25) is 15.9 Å². The van der Waals surface area contributed by atoms with Crippen LogP contribution < -0.4 is 5.32 Å². The van der Waals surface area contributed by atoms with E-state index >= 15 is 0 Å². The molecule has 3 aromatic rings. The molecule has 4 rings (SSSR count). The first-order valence-corrected chi connectivity index (χ1v) is 11.4. The highest BCUT2D eigenvalue weighted by Gasteiger charge is 2.41. The molecule has 1 N–H and O–H groups in total. The van der Waals surface area contributed by atoms with Crippen molar-refractivity contribution in [3.05, 3.63) is 60.0 Å². The second-order valence-electron chi connectivity index (χ2n) is 8.45. The lowest BCUT2D eigenvalue weighted by Crippen LogP contribution is -2.58. The molecule has 0 unspecified atom stereocenters.